The quantitative estimate of drug-likeness (QED) is 0.640. The number of para-hydroxylation sites is 1. The number of carbonyl (C=O) groups is 1. The molecule has 0 saturated heterocycles. The molecule has 0 atom stereocenters. The van der Waals surface area contributed by atoms with Gasteiger partial charge in [0.05, 0.1) is 11.9 Å². The zero-order chi connectivity index (χ0) is 19.1. The number of pyridine rings is 1. The van der Waals surface area contributed by atoms with Crippen LogP contribution < -0.4 is 10.6 Å². The Morgan fingerprint density at radius 3 is 2.52 bits per heavy atom. The van der Waals surface area contributed by atoms with Crippen LogP contribution in [0.25, 0.3) is 0 Å². The van der Waals surface area contributed by atoms with Crippen LogP contribution in [0.3, 0.4) is 0 Å². The fraction of sp³-hybridized carbons (Fsp3) is 0.182. The van der Waals surface area contributed by atoms with E-state index in [2.05, 4.69) is 22.5 Å². The summed E-state index contributed by atoms with van der Waals surface area (Å²) in [7, 11) is 0. The van der Waals surface area contributed by atoms with Gasteiger partial charge >= 0.3 is 0 Å². The number of hydrogen-bond donors (Lipinski definition) is 2. The van der Waals surface area contributed by atoms with Crippen LogP contribution in [0.1, 0.15) is 28.5 Å². The van der Waals surface area contributed by atoms with Gasteiger partial charge in [-0.2, -0.15) is 0 Å². The Kier molecular flexibility index (Phi) is 6.15. The smallest absolute Gasteiger partial charge is 0.274 e. The number of rotatable bonds is 7. The molecule has 0 saturated carbocycles. The Morgan fingerprint density at radius 2 is 1.81 bits per heavy atom. The highest BCUT2D eigenvalue weighted by Crippen LogP contribution is 2.16. The van der Waals surface area contributed by atoms with Gasteiger partial charge in [0.2, 0.25) is 0 Å². The molecule has 5 heteroatoms. The minimum Gasteiger partial charge on any atom is -0.383 e. The molecular weight excluding hydrogens is 341 g/mol. The Bertz CT molecular complexity index is 892. The number of benzene rings is 2. The molecule has 1 aromatic heterocycles. The molecule has 0 aliphatic rings. The van der Waals surface area contributed by atoms with Crippen LogP contribution >= 0.6 is 0 Å². The van der Waals surface area contributed by atoms with Crippen LogP contribution in [-0.4, -0.2) is 17.4 Å². The second-order valence-corrected chi connectivity index (χ2v) is 6.20. The van der Waals surface area contributed by atoms with Gasteiger partial charge < -0.3 is 10.6 Å². The lowest BCUT2D eigenvalue weighted by Gasteiger charge is -2.10. The standard InChI is InChI=1S/C22H22FN3O/c1-2-17-5-3-4-6-20(17)26-22(27)21-12-11-19(15-25-21)24-14-13-16-7-9-18(23)10-8-16/h3-12,15,24H,2,13-14H2,1H3,(H,26,27). The van der Waals surface area contributed by atoms with Crippen molar-refractivity contribution in [3.05, 3.63) is 89.5 Å². The van der Waals surface area contributed by atoms with Crippen molar-refractivity contribution in [2.24, 2.45) is 0 Å². The molecule has 0 spiro atoms. The van der Waals surface area contributed by atoms with Gasteiger partial charge in [-0.25, -0.2) is 9.37 Å². The van der Waals surface area contributed by atoms with Gasteiger partial charge in [-0.05, 0) is 54.3 Å². The summed E-state index contributed by atoms with van der Waals surface area (Å²) < 4.78 is 12.9. The first-order valence-electron chi connectivity index (χ1n) is 8.99. The van der Waals surface area contributed by atoms with Gasteiger partial charge in [0.15, 0.2) is 0 Å². The number of anilines is 2. The van der Waals surface area contributed by atoms with Crippen LogP contribution in [0.4, 0.5) is 15.8 Å². The van der Waals surface area contributed by atoms with Crippen molar-refractivity contribution in [1.29, 1.82) is 0 Å². The molecule has 2 N–H and O–H groups in total. The third-order valence-corrected chi connectivity index (χ3v) is 4.30. The van der Waals surface area contributed by atoms with Crippen molar-refractivity contribution >= 4 is 17.3 Å². The van der Waals surface area contributed by atoms with Crippen molar-refractivity contribution in [3.8, 4) is 0 Å². The van der Waals surface area contributed by atoms with Gasteiger partial charge in [0, 0.05) is 12.2 Å². The number of carbonyl (C=O) groups excluding carboxylic acids is 1. The van der Waals surface area contributed by atoms with E-state index in [-0.39, 0.29) is 11.7 Å². The number of hydrogen-bond acceptors (Lipinski definition) is 3. The molecule has 2 aromatic carbocycles. The maximum atomic E-state index is 12.9. The van der Waals surface area contributed by atoms with E-state index in [0.717, 1.165) is 35.3 Å². The van der Waals surface area contributed by atoms with E-state index < -0.39 is 0 Å². The van der Waals surface area contributed by atoms with Crippen molar-refractivity contribution in [2.45, 2.75) is 19.8 Å². The van der Waals surface area contributed by atoms with E-state index in [0.29, 0.717) is 12.2 Å². The Balaban J connectivity index is 1.54. The second kappa shape index (κ2) is 8.94. The average Bonchev–Trinajstić information content (AvgIpc) is 2.70. The summed E-state index contributed by atoms with van der Waals surface area (Å²) in [6.45, 7) is 2.75. The molecule has 3 aromatic rings. The van der Waals surface area contributed by atoms with E-state index in [4.69, 9.17) is 0 Å². The van der Waals surface area contributed by atoms with E-state index >= 15 is 0 Å². The molecule has 0 radical (unpaired) electrons. The van der Waals surface area contributed by atoms with Gasteiger partial charge in [0.1, 0.15) is 11.5 Å². The summed E-state index contributed by atoms with van der Waals surface area (Å²) in [6.07, 6.45) is 3.27. The van der Waals surface area contributed by atoms with E-state index in [1.165, 1.54) is 12.1 Å². The summed E-state index contributed by atoms with van der Waals surface area (Å²) in [5.41, 5.74) is 4.16. The fourth-order valence-corrected chi connectivity index (χ4v) is 2.77. The molecule has 0 bridgehead atoms. The normalized spacial score (nSPS) is 10.4. The number of nitrogens with zero attached hydrogens (tertiary/aromatic N) is 1. The van der Waals surface area contributed by atoms with E-state index in [1.54, 1.807) is 24.4 Å². The SMILES string of the molecule is CCc1ccccc1NC(=O)c1ccc(NCCc2ccc(F)cc2)cn1. The molecule has 0 fully saturated rings. The van der Waals surface area contributed by atoms with Crippen LogP contribution in [0, 0.1) is 5.82 Å². The predicted molar refractivity (Wildman–Crippen MR) is 107 cm³/mol. The predicted octanol–water partition coefficient (Wildman–Crippen LogP) is 4.69. The molecule has 27 heavy (non-hydrogen) atoms. The van der Waals surface area contributed by atoms with Crippen molar-refractivity contribution in [2.75, 3.05) is 17.2 Å². The Hall–Kier alpha value is -3.21. The molecule has 3 rings (SSSR count). The average molecular weight is 363 g/mol. The van der Waals surface area contributed by atoms with Crippen LogP contribution in [0.15, 0.2) is 66.9 Å². The molecule has 0 aliphatic heterocycles. The zero-order valence-corrected chi connectivity index (χ0v) is 15.2. The van der Waals surface area contributed by atoms with Gasteiger partial charge in [0.25, 0.3) is 5.91 Å². The largest absolute Gasteiger partial charge is 0.383 e. The first-order valence-corrected chi connectivity index (χ1v) is 8.99. The second-order valence-electron chi connectivity index (χ2n) is 6.20. The highest BCUT2D eigenvalue weighted by atomic mass is 19.1. The number of aromatic nitrogens is 1. The molecule has 1 heterocycles. The first kappa shape index (κ1) is 18.6. The molecule has 4 nitrogen and oxygen atoms in total. The van der Waals surface area contributed by atoms with Crippen LogP contribution in [-0.2, 0) is 12.8 Å². The minimum absolute atomic E-state index is 0.228. The summed E-state index contributed by atoms with van der Waals surface area (Å²) in [5.74, 6) is -0.458. The maximum Gasteiger partial charge on any atom is 0.274 e. The molecule has 0 unspecified atom stereocenters. The lowest BCUT2D eigenvalue weighted by Crippen LogP contribution is -2.15. The van der Waals surface area contributed by atoms with Crippen LogP contribution in [0.2, 0.25) is 0 Å². The maximum absolute atomic E-state index is 12.9. The Labute approximate surface area is 158 Å². The number of nitrogens with one attached hydrogen (secondary N) is 2. The van der Waals surface area contributed by atoms with Gasteiger partial charge in [-0.3, -0.25) is 4.79 Å². The third kappa shape index (κ3) is 5.14. The lowest BCUT2D eigenvalue weighted by molar-refractivity contribution is 0.102. The highest BCUT2D eigenvalue weighted by Gasteiger charge is 2.09. The number of halogens is 1. The van der Waals surface area contributed by atoms with E-state index in [1.807, 2.05) is 30.3 Å². The summed E-state index contributed by atoms with van der Waals surface area (Å²) in [4.78, 5) is 16.6. The van der Waals surface area contributed by atoms with E-state index in [9.17, 15) is 9.18 Å². The number of amides is 1. The number of aryl methyl sites for hydroxylation is 1. The van der Waals surface area contributed by atoms with Crippen LogP contribution in [0.5, 0.6) is 0 Å². The third-order valence-electron chi connectivity index (χ3n) is 4.30. The molecular formula is C22H22FN3O. The topological polar surface area (TPSA) is 54.0 Å². The summed E-state index contributed by atoms with van der Waals surface area (Å²) >= 11 is 0. The fourth-order valence-electron chi connectivity index (χ4n) is 2.77. The zero-order valence-electron chi connectivity index (χ0n) is 15.2. The summed E-state index contributed by atoms with van der Waals surface area (Å²) in [6, 6.07) is 17.7. The molecule has 138 valence electrons. The minimum atomic E-state index is -0.230. The molecule has 0 aliphatic carbocycles. The monoisotopic (exact) mass is 363 g/mol. The summed E-state index contributed by atoms with van der Waals surface area (Å²) in [5, 5.41) is 6.17. The van der Waals surface area contributed by atoms with Crippen molar-refractivity contribution in [3.63, 3.8) is 0 Å². The Morgan fingerprint density at radius 1 is 1.04 bits per heavy atom. The van der Waals surface area contributed by atoms with Crippen molar-refractivity contribution in [1.82, 2.24) is 4.98 Å². The molecule has 1 amide bonds. The highest BCUT2D eigenvalue weighted by molar-refractivity contribution is 6.03. The lowest BCUT2D eigenvalue weighted by atomic mass is 10.1. The first-order chi connectivity index (χ1) is 13.2. The van der Waals surface area contributed by atoms with Crippen molar-refractivity contribution < 1.29 is 9.18 Å². The van der Waals surface area contributed by atoms with Gasteiger partial charge in [-0.15, -0.1) is 0 Å². The van der Waals surface area contributed by atoms with Gasteiger partial charge in [-0.1, -0.05) is 37.3 Å².